The number of ether oxygens (including phenoxy) is 2. The Hall–Kier alpha value is -2.53. The van der Waals surface area contributed by atoms with Crippen molar-refractivity contribution in [3.05, 3.63) is 41.3 Å². The molecule has 2 saturated heterocycles. The molecular formula is C21H22ClN5O4S. The third kappa shape index (κ3) is 4.23. The van der Waals surface area contributed by atoms with Gasteiger partial charge >= 0.3 is 0 Å². The summed E-state index contributed by atoms with van der Waals surface area (Å²) in [5.41, 5.74) is 2.79. The number of halogens is 1. The second-order valence-electron chi connectivity index (χ2n) is 7.88. The molecule has 5 rings (SSSR count). The summed E-state index contributed by atoms with van der Waals surface area (Å²) in [5.74, 6) is 2.09. The minimum Gasteiger partial charge on any atom is -0.468 e. The summed E-state index contributed by atoms with van der Waals surface area (Å²) in [7, 11) is -2.11. The average molecular weight is 476 g/mol. The number of benzene rings is 1. The molecule has 0 aliphatic carbocycles. The Kier molecular flexibility index (Phi) is 5.62. The van der Waals surface area contributed by atoms with Crippen LogP contribution in [0, 0.1) is 6.92 Å². The van der Waals surface area contributed by atoms with Gasteiger partial charge in [0.05, 0.1) is 34.1 Å². The molecule has 0 unspecified atom stereocenters. The number of aliphatic hydroxyl groups excluding tert-OH is 1. The largest absolute Gasteiger partial charge is 0.468 e. The van der Waals surface area contributed by atoms with E-state index in [0.717, 1.165) is 17.4 Å². The van der Waals surface area contributed by atoms with Crippen molar-refractivity contribution in [2.24, 2.45) is 4.36 Å². The van der Waals surface area contributed by atoms with Gasteiger partial charge in [0, 0.05) is 16.9 Å². The normalized spacial score (nSPS) is 21.8. The number of hydrogen-bond donors (Lipinski definition) is 2. The first-order chi connectivity index (χ1) is 15.4. The molecule has 2 atom stereocenters. The fourth-order valence-corrected chi connectivity index (χ4v) is 5.30. The summed E-state index contributed by atoms with van der Waals surface area (Å²) in [4.78, 5) is 13.1. The first-order valence-electron chi connectivity index (χ1n) is 10.2. The molecule has 2 aromatic heterocycles. The number of aromatic nitrogens is 3. The van der Waals surface area contributed by atoms with E-state index in [0.29, 0.717) is 34.2 Å². The maximum Gasteiger partial charge on any atom is 0.239 e. The van der Waals surface area contributed by atoms with Crippen molar-refractivity contribution in [2.75, 3.05) is 30.0 Å². The van der Waals surface area contributed by atoms with Gasteiger partial charge in [0.1, 0.15) is 29.1 Å². The summed E-state index contributed by atoms with van der Waals surface area (Å²) in [6.07, 6.45) is 1.13. The van der Waals surface area contributed by atoms with Crippen molar-refractivity contribution in [1.82, 2.24) is 15.0 Å². The molecule has 32 heavy (non-hydrogen) atoms. The van der Waals surface area contributed by atoms with E-state index in [-0.39, 0.29) is 24.2 Å². The zero-order valence-electron chi connectivity index (χ0n) is 17.3. The van der Waals surface area contributed by atoms with Gasteiger partial charge in [0.15, 0.2) is 6.10 Å². The molecule has 0 saturated carbocycles. The van der Waals surface area contributed by atoms with Crippen LogP contribution in [0.25, 0.3) is 10.9 Å². The minimum absolute atomic E-state index is 0.212. The molecule has 9 nitrogen and oxygen atoms in total. The predicted molar refractivity (Wildman–Crippen MR) is 123 cm³/mol. The maximum absolute atomic E-state index is 12.5. The topological polar surface area (TPSA) is 119 Å². The van der Waals surface area contributed by atoms with E-state index in [1.165, 1.54) is 6.33 Å². The predicted octanol–water partition coefficient (Wildman–Crippen LogP) is 3.37. The van der Waals surface area contributed by atoms with Crippen LogP contribution in [0.4, 0.5) is 17.2 Å². The lowest BCUT2D eigenvalue weighted by Crippen LogP contribution is -2.30. The molecule has 2 N–H and O–H groups in total. The number of aryl methyl sites for hydroxylation is 1. The van der Waals surface area contributed by atoms with Gasteiger partial charge < -0.3 is 19.9 Å². The highest BCUT2D eigenvalue weighted by atomic mass is 35.5. The lowest BCUT2D eigenvalue weighted by atomic mass is 10.1. The van der Waals surface area contributed by atoms with E-state index >= 15 is 0 Å². The minimum atomic E-state index is -2.11. The van der Waals surface area contributed by atoms with E-state index in [1.54, 1.807) is 12.1 Å². The molecule has 168 valence electrons. The zero-order valence-corrected chi connectivity index (χ0v) is 18.9. The van der Waals surface area contributed by atoms with E-state index < -0.39 is 21.9 Å². The lowest BCUT2D eigenvalue weighted by Gasteiger charge is -2.19. The molecule has 4 heterocycles. The third-order valence-corrected chi connectivity index (χ3v) is 8.07. The Morgan fingerprint density at radius 2 is 2.12 bits per heavy atom. The van der Waals surface area contributed by atoms with Crippen LogP contribution < -0.4 is 10.1 Å². The number of fused-ring (bicyclic) bond motifs is 1. The van der Waals surface area contributed by atoms with E-state index in [9.17, 15) is 9.32 Å². The summed E-state index contributed by atoms with van der Waals surface area (Å²) < 4.78 is 28.1. The first kappa shape index (κ1) is 21.3. The fraction of sp³-hybridized carbons (Fsp3) is 0.381. The Morgan fingerprint density at radius 1 is 1.28 bits per heavy atom. The average Bonchev–Trinajstić information content (AvgIpc) is 3.13. The molecule has 3 aromatic rings. The van der Waals surface area contributed by atoms with Crippen LogP contribution in [0.1, 0.15) is 12.0 Å². The first-order valence-corrected chi connectivity index (χ1v) is 12.5. The van der Waals surface area contributed by atoms with Crippen LogP contribution in [0.5, 0.6) is 5.88 Å². The summed E-state index contributed by atoms with van der Waals surface area (Å²) in [6, 6.07) is 7.09. The third-order valence-electron chi connectivity index (χ3n) is 5.46. The van der Waals surface area contributed by atoms with Crippen LogP contribution >= 0.6 is 11.6 Å². The van der Waals surface area contributed by atoms with Crippen molar-refractivity contribution in [3.63, 3.8) is 0 Å². The SMILES string of the molecule is Cc1cc(N=S2(=O)CCC2)cc2ncnc(Nc3ccc(Cl)nc3O[C@H]3COC[C@@H]3O)c12. The van der Waals surface area contributed by atoms with Gasteiger partial charge in [-0.1, -0.05) is 11.6 Å². The molecule has 0 bridgehead atoms. The van der Waals surface area contributed by atoms with Gasteiger partial charge in [0.2, 0.25) is 5.88 Å². The Bertz CT molecular complexity index is 1300. The van der Waals surface area contributed by atoms with Crippen molar-refractivity contribution in [1.29, 1.82) is 0 Å². The molecular weight excluding hydrogens is 454 g/mol. The van der Waals surface area contributed by atoms with E-state index in [1.807, 2.05) is 19.1 Å². The number of pyridine rings is 1. The molecule has 2 aliphatic rings. The number of rotatable bonds is 5. The number of anilines is 2. The van der Waals surface area contributed by atoms with E-state index in [2.05, 4.69) is 24.6 Å². The highest BCUT2D eigenvalue weighted by Crippen LogP contribution is 2.34. The zero-order chi connectivity index (χ0) is 22.3. The van der Waals surface area contributed by atoms with Crippen molar-refractivity contribution < 1.29 is 18.8 Å². The van der Waals surface area contributed by atoms with Crippen LogP contribution in [0.2, 0.25) is 5.15 Å². The molecule has 11 heteroatoms. The van der Waals surface area contributed by atoms with Crippen molar-refractivity contribution in [3.8, 4) is 5.88 Å². The van der Waals surface area contributed by atoms with Crippen LogP contribution in [0.15, 0.2) is 35.0 Å². The lowest BCUT2D eigenvalue weighted by molar-refractivity contribution is 0.0709. The van der Waals surface area contributed by atoms with Gasteiger partial charge in [0.25, 0.3) is 0 Å². The Labute approximate surface area is 190 Å². The fourth-order valence-electron chi connectivity index (χ4n) is 3.71. The van der Waals surface area contributed by atoms with Gasteiger partial charge in [-0.05, 0) is 43.2 Å². The maximum atomic E-state index is 12.5. The summed E-state index contributed by atoms with van der Waals surface area (Å²) >= 11 is 6.08. The highest BCUT2D eigenvalue weighted by Gasteiger charge is 2.29. The van der Waals surface area contributed by atoms with Crippen LogP contribution in [-0.2, 0) is 14.5 Å². The molecule has 2 aliphatic heterocycles. The van der Waals surface area contributed by atoms with Gasteiger partial charge in [-0.2, -0.15) is 9.35 Å². The second-order valence-corrected chi connectivity index (χ2v) is 10.8. The van der Waals surface area contributed by atoms with Crippen molar-refractivity contribution in [2.45, 2.75) is 25.6 Å². The van der Waals surface area contributed by atoms with Crippen molar-refractivity contribution >= 4 is 49.4 Å². The number of hydrogen-bond acceptors (Lipinski definition) is 9. The Morgan fingerprint density at radius 3 is 2.84 bits per heavy atom. The smallest absolute Gasteiger partial charge is 0.239 e. The van der Waals surface area contributed by atoms with Crippen LogP contribution in [0.3, 0.4) is 0 Å². The second kappa shape index (κ2) is 8.43. The van der Waals surface area contributed by atoms with Gasteiger partial charge in [-0.3, -0.25) is 0 Å². The Balaban J connectivity index is 1.51. The quantitative estimate of drug-likeness (QED) is 0.539. The number of nitrogens with zero attached hydrogens (tertiary/aromatic N) is 4. The monoisotopic (exact) mass is 475 g/mol. The molecule has 1 aromatic carbocycles. The number of nitrogens with one attached hydrogen (secondary N) is 1. The highest BCUT2D eigenvalue weighted by molar-refractivity contribution is 7.95. The van der Waals surface area contributed by atoms with Gasteiger partial charge in [-0.15, -0.1) is 0 Å². The standard InChI is InChI=1S/C21H22ClN5O4S/c1-12-7-13(27-32(29)5-2-6-32)8-15-19(12)20(24-11-23-15)25-14-3-4-18(22)26-21(14)31-17-10-30-9-16(17)28/h3-4,7-8,11,16-17,28H,2,5-6,9-10H2,1H3,(H,23,24,25)/t16-,17-/m0/s1. The van der Waals surface area contributed by atoms with Crippen LogP contribution in [-0.4, -0.2) is 61.2 Å². The van der Waals surface area contributed by atoms with E-state index in [4.69, 9.17) is 21.1 Å². The summed E-state index contributed by atoms with van der Waals surface area (Å²) in [5, 5.41) is 14.3. The molecule has 0 amide bonds. The molecule has 2 fully saturated rings. The molecule has 0 radical (unpaired) electrons. The van der Waals surface area contributed by atoms with Gasteiger partial charge in [-0.25, -0.2) is 14.2 Å². The number of aliphatic hydroxyl groups is 1. The summed E-state index contributed by atoms with van der Waals surface area (Å²) in [6.45, 7) is 2.41. The molecule has 0 spiro atoms.